The molecule has 0 aliphatic heterocycles. The van der Waals surface area contributed by atoms with Crippen LogP contribution in [0, 0.1) is 25.2 Å². The number of aryl methyl sites for hydroxylation is 2. The molecule has 0 saturated carbocycles. The maximum Gasteiger partial charge on any atom is 0.188 e. The fourth-order valence-corrected chi connectivity index (χ4v) is 2.21. The minimum Gasteiger partial charge on any atom is -0.496 e. The van der Waals surface area contributed by atoms with Crippen molar-refractivity contribution in [3.8, 4) is 11.8 Å². The van der Waals surface area contributed by atoms with Gasteiger partial charge in [-0.25, -0.2) is 0 Å². The highest BCUT2D eigenvalue weighted by Gasteiger charge is 2.27. The Morgan fingerprint density at radius 3 is 2.60 bits per heavy atom. The summed E-state index contributed by atoms with van der Waals surface area (Å²) in [4.78, 5) is 12.5. The van der Waals surface area contributed by atoms with E-state index in [4.69, 9.17) is 9.15 Å². The minimum atomic E-state index is -0.901. The Kier molecular flexibility index (Phi) is 3.90. The predicted octanol–water partition coefficient (Wildman–Crippen LogP) is 3.40. The van der Waals surface area contributed by atoms with Crippen molar-refractivity contribution in [2.24, 2.45) is 0 Å². The third-order valence-electron chi connectivity index (χ3n) is 3.15. The number of nitriles is 1. The predicted molar refractivity (Wildman–Crippen MR) is 73.9 cm³/mol. The Morgan fingerprint density at radius 1 is 1.35 bits per heavy atom. The third-order valence-corrected chi connectivity index (χ3v) is 3.15. The second-order valence-electron chi connectivity index (χ2n) is 4.50. The molecule has 1 heterocycles. The lowest BCUT2D eigenvalue weighted by atomic mass is 9.91. The number of rotatable bonds is 4. The number of methoxy groups -OCH3 is 1. The Labute approximate surface area is 117 Å². The van der Waals surface area contributed by atoms with Crippen molar-refractivity contribution in [1.82, 2.24) is 0 Å². The summed E-state index contributed by atoms with van der Waals surface area (Å²) in [5, 5.41) is 9.37. The standard InChI is InChI=1S/C16H15NO3/c1-10-8-13(11(2)20-10)16(18)14(9-17)12-6-4-5-7-15(12)19-3/h4-8,14H,1-3H3. The van der Waals surface area contributed by atoms with Crippen molar-refractivity contribution < 1.29 is 13.9 Å². The summed E-state index contributed by atoms with van der Waals surface area (Å²) >= 11 is 0. The van der Waals surface area contributed by atoms with Gasteiger partial charge >= 0.3 is 0 Å². The summed E-state index contributed by atoms with van der Waals surface area (Å²) < 4.78 is 10.6. The summed E-state index contributed by atoms with van der Waals surface area (Å²) in [6.07, 6.45) is 0. The van der Waals surface area contributed by atoms with E-state index >= 15 is 0 Å². The zero-order valence-electron chi connectivity index (χ0n) is 11.6. The van der Waals surface area contributed by atoms with Gasteiger partial charge in [-0.05, 0) is 26.0 Å². The lowest BCUT2D eigenvalue weighted by Gasteiger charge is -2.12. The summed E-state index contributed by atoms with van der Waals surface area (Å²) in [5.41, 5.74) is 1.01. The first-order valence-electron chi connectivity index (χ1n) is 6.22. The van der Waals surface area contributed by atoms with Crippen LogP contribution in [0.4, 0.5) is 0 Å². The number of carbonyl (C=O) groups excluding carboxylic acids is 1. The third kappa shape index (κ3) is 2.43. The van der Waals surface area contributed by atoms with Crippen LogP contribution in [0.5, 0.6) is 5.75 Å². The van der Waals surface area contributed by atoms with E-state index in [0.717, 1.165) is 0 Å². The van der Waals surface area contributed by atoms with Crippen LogP contribution in [-0.4, -0.2) is 12.9 Å². The summed E-state index contributed by atoms with van der Waals surface area (Å²) in [6, 6.07) is 10.8. The molecule has 1 aromatic carbocycles. The molecule has 0 aliphatic rings. The van der Waals surface area contributed by atoms with Crippen molar-refractivity contribution in [2.45, 2.75) is 19.8 Å². The van der Waals surface area contributed by atoms with Gasteiger partial charge < -0.3 is 9.15 Å². The molecular formula is C16H15NO3. The van der Waals surface area contributed by atoms with E-state index < -0.39 is 5.92 Å². The molecule has 102 valence electrons. The van der Waals surface area contributed by atoms with Crippen LogP contribution >= 0.6 is 0 Å². The topological polar surface area (TPSA) is 63.2 Å². The monoisotopic (exact) mass is 269 g/mol. The molecule has 0 spiro atoms. The van der Waals surface area contributed by atoms with Crippen LogP contribution in [0.1, 0.15) is 33.4 Å². The molecule has 1 aromatic heterocycles. The van der Waals surface area contributed by atoms with E-state index in [-0.39, 0.29) is 5.78 Å². The zero-order chi connectivity index (χ0) is 14.7. The van der Waals surface area contributed by atoms with E-state index in [1.165, 1.54) is 7.11 Å². The SMILES string of the molecule is COc1ccccc1C(C#N)C(=O)c1cc(C)oc1C. The highest BCUT2D eigenvalue weighted by molar-refractivity contribution is 6.03. The zero-order valence-corrected chi connectivity index (χ0v) is 11.6. The number of Topliss-reactive ketones (excluding diaryl/α,β-unsaturated/α-hetero) is 1. The smallest absolute Gasteiger partial charge is 0.188 e. The second kappa shape index (κ2) is 5.62. The number of para-hydroxylation sites is 1. The minimum absolute atomic E-state index is 0.272. The lowest BCUT2D eigenvalue weighted by Crippen LogP contribution is -2.12. The molecule has 2 rings (SSSR count). The van der Waals surface area contributed by atoms with Crippen molar-refractivity contribution in [3.63, 3.8) is 0 Å². The number of carbonyl (C=O) groups is 1. The average Bonchev–Trinajstić information content (AvgIpc) is 2.79. The number of benzene rings is 1. The summed E-state index contributed by atoms with van der Waals surface area (Å²) in [7, 11) is 1.52. The molecule has 1 unspecified atom stereocenters. The van der Waals surface area contributed by atoms with Gasteiger partial charge in [0.25, 0.3) is 0 Å². The fourth-order valence-electron chi connectivity index (χ4n) is 2.21. The molecular weight excluding hydrogens is 254 g/mol. The van der Waals surface area contributed by atoms with E-state index in [9.17, 15) is 10.1 Å². The molecule has 0 saturated heterocycles. The Bertz CT molecular complexity index is 679. The first-order valence-corrected chi connectivity index (χ1v) is 6.22. The number of hydrogen-bond acceptors (Lipinski definition) is 4. The lowest BCUT2D eigenvalue weighted by molar-refractivity contribution is 0.0976. The molecule has 0 aliphatic carbocycles. The van der Waals surface area contributed by atoms with Crippen molar-refractivity contribution in [3.05, 3.63) is 53.0 Å². The summed E-state index contributed by atoms with van der Waals surface area (Å²) in [6.45, 7) is 3.49. The number of ketones is 1. The van der Waals surface area contributed by atoms with Gasteiger partial charge in [-0.3, -0.25) is 4.79 Å². The van der Waals surface area contributed by atoms with Crippen LogP contribution in [0.3, 0.4) is 0 Å². The maximum absolute atomic E-state index is 12.5. The molecule has 4 heteroatoms. The number of furan rings is 1. The molecule has 20 heavy (non-hydrogen) atoms. The highest BCUT2D eigenvalue weighted by Crippen LogP contribution is 2.30. The van der Waals surface area contributed by atoms with Gasteiger partial charge in [0.1, 0.15) is 23.2 Å². The first-order chi connectivity index (χ1) is 9.58. The molecule has 0 fully saturated rings. The van der Waals surface area contributed by atoms with Crippen LogP contribution < -0.4 is 4.74 Å². The van der Waals surface area contributed by atoms with Crippen LogP contribution in [0.2, 0.25) is 0 Å². The van der Waals surface area contributed by atoms with Gasteiger partial charge in [-0.15, -0.1) is 0 Å². The Balaban J connectivity index is 2.45. The number of nitrogens with zero attached hydrogens (tertiary/aromatic N) is 1. The van der Waals surface area contributed by atoms with Crippen LogP contribution in [-0.2, 0) is 0 Å². The normalized spacial score (nSPS) is 11.7. The first kappa shape index (κ1) is 13.9. The number of hydrogen-bond donors (Lipinski definition) is 0. The van der Waals surface area contributed by atoms with E-state index in [2.05, 4.69) is 6.07 Å². The maximum atomic E-state index is 12.5. The van der Waals surface area contributed by atoms with Crippen LogP contribution in [0.15, 0.2) is 34.7 Å². The van der Waals surface area contributed by atoms with Crippen LogP contribution in [0.25, 0.3) is 0 Å². The van der Waals surface area contributed by atoms with Gasteiger partial charge in [0.2, 0.25) is 0 Å². The van der Waals surface area contributed by atoms with Gasteiger partial charge in [0, 0.05) is 5.56 Å². The van der Waals surface area contributed by atoms with Gasteiger partial charge in [0.15, 0.2) is 5.78 Å². The van der Waals surface area contributed by atoms with E-state index in [0.29, 0.717) is 28.4 Å². The second-order valence-corrected chi connectivity index (χ2v) is 4.50. The van der Waals surface area contributed by atoms with E-state index in [1.807, 2.05) is 0 Å². The van der Waals surface area contributed by atoms with E-state index in [1.54, 1.807) is 44.2 Å². The quantitative estimate of drug-likeness (QED) is 0.798. The summed E-state index contributed by atoms with van der Waals surface area (Å²) in [5.74, 6) is 0.545. The molecule has 1 atom stereocenters. The highest BCUT2D eigenvalue weighted by atomic mass is 16.5. The van der Waals surface area contributed by atoms with Gasteiger partial charge in [-0.1, -0.05) is 18.2 Å². The number of ether oxygens (including phenoxy) is 1. The molecule has 0 bridgehead atoms. The molecule has 0 amide bonds. The Hall–Kier alpha value is -2.54. The van der Waals surface area contributed by atoms with Crippen molar-refractivity contribution in [1.29, 1.82) is 5.26 Å². The largest absolute Gasteiger partial charge is 0.496 e. The van der Waals surface area contributed by atoms with Gasteiger partial charge in [-0.2, -0.15) is 5.26 Å². The van der Waals surface area contributed by atoms with Crippen molar-refractivity contribution in [2.75, 3.05) is 7.11 Å². The Morgan fingerprint density at radius 2 is 2.05 bits per heavy atom. The molecule has 0 N–H and O–H groups in total. The molecule has 0 radical (unpaired) electrons. The van der Waals surface area contributed by atoms with Crippen molar-refractivity contribution >= 4 is 5.78 Å². The fraction of sp³-hybridized carbons (Fsp3) is 0.250. The van der Waals surface area contributed by atoms with Gasteiger partial charge in [0.05, 0.1) is 18.7 Å². The molecule has 4 nitrogen and oxygen atoms in total. The average molecular weight is 269 g/mol. The molecule has 2 aromatic rings.